The molecule has 8 nitrogen and oxygen atoms in total. The number of carboxylic acids is 2. The molecule has 0 fully saturated rings. The van der Waals surface area contributed by atoms with Crippen LogP contribution < -0.4 is 0 Å². The van der Waals surface area contributed by atoms with E-state index in [4.69, 9.17) is 10.2 Å². The van der Waals surface area contributed by atoms with E-state index in [-0.39, 0.29) is 12.8 Å². The molecule has 0 bridgehead atoms. The van der Waals surface area contributed by atoms with Gasteiger partial charge in [0.25, 0.3) is 0 Å². The minimum atomic E-state index is -0.962. The zero-order chi connectivity index (χ0) is 22.9. The van der Waals surface area contributed by atoms with Gasteiger partial charge in [-0.2, -0.15) is 20.8 Å². The first-order chi connectivity index (χ1) is 14.2. The normalized spacial score (nSPS) is 15.1. The number of carboxylic acid groups (broad SMARTS) is 2. The van der Waals surface area contributed by atoms with E-state index < -0.39 is 23.0 Å². The highest BCUT2D eigenvalue weighted by Crippen LogP contribution is 2.25. The first-order valence-corrected chi connectivity index (χ1v) is 10.9. The summed E-state index contributed by atoms with van der Waals surface area (Å²) in [6, 6.07) is 4.39. The van der Waals surface area contributed by atoms with Gasteiger partial charge in [0.2, 0.25) is 0 Å². The number of aliphatic carboxylic acids is 2. The number of carbonyl (C=O) groups is 2. The third-order valence-corrected chi connectivity index (χ3v) is 5.08. The molecule has 0 heterocycles. The fourth-order valence-electron chi connectivity index (χ4n) is 3.03. The maximum atomic E-state index is 10.5. The Kier molecular flexibility index (Phi) is 14.1. The molecule has 0 amide bonds. The largest absolute Gasteiger partial charge is 0.481 e. The molecule has 2 N–H and O–H groups in total. The van der Waals surface area contributed by atoms with Crippen molar-refractivity contribution in [1.82, 2.24) is 0 Å². The van der Waals surface area contributed by atoms with Crippen LogP contribution >= 0.6 is 0 Å². The van der Waals surface area contributed by atoms with Gasteiger partial charge in [-0.1, -0.05) is 38.5 Å². The quantitative estimate of drug-likeness (QED) is 0.217. The first-order valence-electron chi connectivity index (χ1n) is 10.9. The van der Waals surface area contributed by atoms with Crippen LogP contribution in [0, 0.1) is 22.7 Å². The molecule has 0 aromatic heterocycles. The standard InChI is InChI=1S/C22H36N4O4/c1-21(17-23,15-11-7-3-5-9-13-19(27)28)25-26-22(2,18-24)16-12-8-4-6-10-14-20(29)30/h3-16H2,1-2H3,(H,27,28)(H,29,30). The Morgan fingerprint density at radius 3 is 1.27 bits per heavy atom. The highest BCUT2D eigenvalue weighted by Gasteiger charge is 2.27. The van der Waals surface area contributed by atoms with Gasteiger partial charge in [0.15, 0.2) is 11.1 Å². The predicted octanol–water partition coefficient (Wildman–Crippen LogP) is 5.63. The van der Waals surface area contributed by atoms with Gasteiger partial charge in [0, 0.05) is 12.8 Å². The number of azo groups is 1. The van der Waals surface area contributed by atoms with Gasteiger partial charge in [-0.25, -0.2) is 0 Å². The third-order valence-electron chi connectivity index (χ3n) is 5.08. The number of nitrogens with zero attached hydrogens (tertiary/aromatic N) is 4. The molecule has 168 valence electrons. The molecular formula is C22H36N4O4. The summed E-state index contributed by atoms with van der Waals surface area (Å²) in [5.41, 5.74) is -1.92. The SMILES string of the molecule is CC(C#N)(CCCCCCCC(=O)O)N=NC(C)(C#N)CCCCCCCC(=O)O. The van der Waals surface area contributed by atoms with Crippen LogP contribution in [0.25, 0.3) is 0 Å². The monoisotopic (exact) mass is 420 g/mol. The van der Waals surface area contributed by atoms with Crippen molar-refractivity contribution in [3.63, 3.8) is 0 Å². The maximum absolute atomic E-state index is 10.5. The van der Waals surface area contributed by atoms with Crippen LogP contribution in [-0.2, 0) is 9.59 Å². The maximum Gasteiger partial charge on any atom is 0.303 e. The summed E-state index contributed by atoms with van der Waals surface area (Å²) in [5, 5.41) is 44.7. The Morgan fingerprint density at radius 2 is 0.967 bits per heavy atom. The van der Waals surface area contributed by atoms with E-state index in [0.29, 0.717) is 25.7 Å². The van der Waals surface area contributed by atoms with Gasteiger partial charge in [-0.3, -0.25) is 9.59 Å². The summed E-state index contributed by atoms with van der Waals surface area (Å²) in [7, 11) is 0. The minimum absolute atomic E-state index is 0.194. The van der Waals surface area contributed by atoms with Crippen LogP contribution in [-0.4, -0.2) is 33.2 Å². The molecule has 0 spiro atoms. The molecule has 2 atom stereocenters. The Balaban J connectivity index is 4.30. The van der Waals surface area contributed by atoms with Gasteiger partial charge < -0.3 is 10.2 Å². The van der Waals surface area contributed by atoms with Crippen molar-refractivity contribution in [2.75, 3.05) is 0 Å². The zero-order valence-electron chi connectivity index (χ0n) is 18.4. The van der Waals surface area contributed by atoms with Crippen molar-refractivity contribution in [1.29, 1.82) is 10.5 Å². The van der Waals surface area contributed by atoms with E-state index in [1.54, 1.807) is 13.8 Å². The summed E-state index contributed by atoms with van der Waals surface area (Å²) in [4.78, 5) is 21.0. The lowest BCUT2D eigenvalue weighted by Crippen LogP contribution is -2.23. The van der Waals surface area contributed by atoms with Crippen molar-refractivity contribution in [2.24, 2.45) is 10.2 Å². The van der Waals surface area contributed by atoms with Gasteiger partial charge in [0.1, 0.15) is 0 Å². The van der Waals surface area contributed by atoms with E-state index in [0.717, 1.165) is 51.4 Å². The van der Waals surface area contributed by atoms with Crippen LogP contribution in [0.2, 0.25) is 0 Å². The van der Waals surface area contributed by atoms with Crippen LogP contribution in [0.4, 0.5) is 0 Å². The van der Waals surface area contributed by atoms with Gasteiger partial charge in [0.05, 0.1) is 12.1 Å². The molecule has 0 saturated heterocycles. The van der Waals surface area contributed by atoms with Crippen molar-refractivity contribution in [2.45, 2.75) is 115 Å². The molecule has 0 aliphatic rings. The highest BCUT2D eigenvalue weighted by molar-refractivity contribution is 5.66. The third kappa shape index (κ3) is 14.5. The lowest BCUT2D eigenvalue weighted by atomic mass is 9.95. The van der Waals surface area contributed by atoms with Crippen molar-refractivity contribution < 1.29 is 19.8 Å². The zero-order valence-corrected chi connectivity index (χ0v) is 18.4. The molecule has 0 aromatic carbocycles. The molecular weight excluding hydrogens is 384 g/mol. The average molecular weight is 421 g/mol. The minimum Gasteiger partial charge on any atom is -0.481 e. The molecule has 0 saturated carbocycles. The van der Waals surface area contributed by atoms with Crippen LogP contribution in [0.5, 0.6) is 0 Å². The summed E-state index contributed by atoms with van der Waals surface area (Å²) in [6.07, 6.45) is 9.82. The number of hydrogen-bond donors (Lipinski definition) is 2. The van der Waals surface area contributed by atoms with E-state index >= 15 is 0 Å². The average Bonchev–Trinajstić information content (AvgIpc) is 2.70. The fourth-order valence-corrected chi connectivity index (χ4v) is 3.03. The Labute approximate surface area is 180 Å². The van der Waals surface area contributed by atoms with Gasteiger partial charge in [-0.15, -0.1) is 0 Å². The van der Waals surface area contributed by atoms with Gasteiger partial charge in [-0.05, 0) is 52.4 Å². The summed E-state index contributed by atoms with van der Waals surface area (Å²) in [6.45, 7) is 3.45. The van der Waals surface area contributed by atoms with E-state index in [1.807, 2.05) is 0 Å². The van der Waals surface area contributed by atoms with E-state index in [2.05, 4.69) is 22.4 Å². The number of unbranched alkanes of at least 4 members (excludes halogenated alkanes) is 8. The molecule has 30 heavy (non-hydrogen) atoms. The fraction of sp³-hybridized carbons (Fsp3) is 0.818. The lowest BCUT2D eigenvalue weighted by molar-refractivity contribution is -0.138. The topological polar surface area (TPSA) is 147 Å². The summed E-state index contributed by atoms with van der Waals surface area (Å²) < 4.78 is 0. The molecule has 0 aliphatic carbocycles. The summed E-state index contributed by atoms with van der Waals surface area (Å²) >= 11 is 0. The molecule has 0 aliphatic heterocycles. The molecule has 0 radical (unpaired) electrons. The number of rotatable bonds is 18. The second-order valence-electron chi connectivity index (χ2n) is 8.29. The van der Waals surface area contributed by atoms with E-state index in [1.165, 1.54) is 0 Å². The molecule has 0 rings (SSSR count). The second kappa shape index (κ2) is 15.4. The predicted molar refractivity (Wildman–Crippen MR) is 113 cm³/mol. The second-order valence-corrected chi connectivity index (χ2v) is 8.29. The molecule has 0 aromatic rings. The Morgan fingerprint density at radius 1 is 0.667 bits per heavy atom. The smallest absolute Gasteiger partial charge is 0.303 e. The van der Waals surface area contributed by atoms with Crippen molar-refractivity contribution in [3.8, 4) is 12.1 Å². The summed E-state index contributed by atoms with van der Waals surface area (Å²) in [5.74, 6) is -1.54. The highest BCUT2D eigenvalue weighted by atomic mass is 16.4. The van der Waals surface area contributed by atoms with Crippen molar-refractivity contribution in [3.05, 3.63) is 0 Å². The Bertz CT molecular complexity index is 584. The number of nitriles is 2. The molecule has 2 unspecified atom stereocenters. The van der Waals surface area contributed by atoms with E-state index in [9.17, 15) is 20.1 Å². The van der Waals surface area contributed by atoms with Gasteiger partial charge >= 0.3 is 11.9 Å². The first kappa shape index (κ1) is 27.5. The van der Waals surface area contributed by atoms with Crippen molar-refractivity contribution >= 4 is 11.9 Å². The number of hydrogen-bond acceptors (Lipinski definition) is 6. The molecule has 8 heteroatoms. The lowest BCUT2D eigenvalue weighted by Gasteiger charge is -2.19. The Hall–Kier alpha value is -2.48. The van der Waals surface area contributed by atoms with Crippen LogP contribution in [0.15, 0.2) is 10.2 Å². The van der Waals surface area contributed by atoms with Crippen LogP contribution in [0.3, 0.4) is 0 Å². The van der Waals surface area contributed by atoms with Crippen LogP contribution in [0.1, 0.15) is 104 Å².